The first-order chi connectivity index (χ1) is 8.13. The Morgan fingerprint density at radius 2 is 2.00 bits per heavy atom. The van der Waals surface area contributed by atoms with Gasteiger partial charge >= 0.3 is 0 Å². The molecule has 0 spiro atoms. The Bertz CT molecular complexity index is 390. The molecule has 1 aromatic rings. The van der Waals surface area contributed by atoms with Gasteiger partial charge in [-0.2, -0.15) is 0 Å². The summed E-state index contributed by atoms with van der Waals surface area (Å²) in [6, 6.07) is 8.56. The molecule has 0 aliphatic heterocycles. The Morgan fingerprint density at radius 1 is 1.29 bits per heavy atom. The molecule has 0 saturated heterocycles. The minimum Gasteiger partial charge on any atom is -0.484 e. The van der Waals surface area contributed by atoms with E-state index in [1.54, 1.807) is 0 Å². The van der Waals surface area contributed by atoms with Gasteiger partial charge in [0, 0.05) is 0 Å². The van der Waals surface area contributed by atoms with Gasteiger partial charge in [0.25, 0.3) is 0 Å². The second-order valence-corrected chi connectivity index (χ2v) is 5.23. The predicted octanol–water partition coefficient (Wildman–Crippen LogP) is 4.69. The Labute approximate surface area is 104 Å². The first-order valence-corrected chi connectivity index (χ1v) is 6.59. The molecule has 0 saturated carbocycles. The van der Waals surface area contributed by atoms with Gasteiger partial charge in [-0.05, 0) is 55.9 Å². The summed E-state index contributed by atoms with van der Waals surface area (Å²) in [5.41, 5.74) is 1.30. The standard InChI is InChI=1S/C16H22O/c1-4-13(2)14-7-9-15(10-8-14)17-16(3)11-5-6-12-16/h5,7-11,13H,4,6,12H2,1-3H3. The maximum Gasteiger partial charge on any atom is 0.125 e. The first-order valence-electron chi connectivity index (χ1n) is 6.59. The molecule has 1 aromatic carbocycles. The average Bonchev–Trinajstić information content (AvgIpc) is 2.76. The molecule has 1 aliphatic rings. The van der Waals surface area contributed by atoms with Crippen LogP contribution in [0, 0.1) is 0 Å². The van der Waals surface area contributed by atoms with Crippen LogP contribution >= 0.6 is 0 Å². The Morgan fingerprint density at radius 3 is 2.53 bits per heavy atom. The molecule has 2 unspecified atom stereocenters. The number of benzene rings is 1. The molecule has 0 amide bonds. The Kier molecular flexibility index (Phi) is 3.56. The molecule has 92 valence electrons. The van der Waals surface area contributed by atoms with Gasteiger partial charge in [-0.25, -0.2) is 0 Å². The summed E-state index contributed by atoms with van der Waals surface area (Å²) in [5, 5.41) is 0. The molecule has 0 aromatic heterocycles. The fourth-order valence-corrected chi connectivity index (χ4v) is 2.24. The molecular formula is C16H22O. The number of allylic oxidation sites excluding steroid dienone is 1. The summed E-state index contributed by atoms with van der Waals surface area (Å²) in [7, 11) is 0. The van der Waals surface area contributed by atoms with Crippen molar-refractivity contribution in [1.82, 2.24) is 0 Å². The van der Waals surface area contributed by atoms with Crippen LogP contribution in [-0.2, 0) is 0 Å². The third-order valence-electron chi connectivity index (χ3n) is 3.69. The lowest BCUT2D eigenvalue weighted by molar-refractivity contribution is 0.140. The van der Waals surface area contributed by atoms with Gasteiger partial charge < -0.3 is 4.74 Å². The van der Waals surface area contributed by atoms with Crippen molar-refractivity contribution in [2.45, 2.75) is 51.6 Å². The van der Waals surface area contributed by atoms with Crippen molar-refractivity contribution in [2.24, 2.45) is 0 Å². The highest BCUT2D eigenvalue weighted by Gasteiger charge is 2.25. The van der Waals surface area contributed by atoms with Crippen LogP contribution in [0.25, 0.3) is 0 Å². The van der Waals surface area contributed by atoms with Crippen molar-refractivity contribution in [3.63, 3.8) is 0 Å². The Hall–Kier alpha value is -1.24. The molecule has 1 heteroatoms. The van der Waals surface area contributed by atoms with Crippen LogP contribution in [0.1, 0.15) is 51.5 Å². The molecule has 2 rings (SSSR count). The maximum atomic E-state index is 6.04. The Balaban J connectivity index is 2.05. The molecule has 0 heterocycles. The van der Waals surface area contributed by atoms with Gasteiger partial charge in [0.05, 0.1) is 0 Å². The van der Waals surface area contributed by atoms with Gasteiger partial charge in [-0.1, -0.05) is 32.1 Å². The highest BCUT2D eigenvalue weighted by atomic mass is 16.5. The van der Waals surface area contributed by atoms with E-state index in [1.807, 2.05) is 0 Å². The van der Waals surface area contributed by atoms with Crippen molar-refractivity contribution in [2.75, 3.05) is 0 Å². The third-order valence-corrected chi connectivity index (χ3v) is 3.69. The van der Waals surface area contributed by atoms with E-state index in [1.165, 1.54) is 12.0 Å². The summed E-state index contributed by atoms with van der Waals surface area (Å²) in [5.74, 6) is 1.61. The fourth-order valence-electron chi connectivity index (χ4n) is 2.24. The minimum absolute atomic E-state index is 0.0993. The van der Waals surface area contributed by atoms with Crippen LogP contribution in [0.5, 0.6) is 5.75 Å². The van der Waals surface area contributed by atoms with Crippen LogP contribution in [0.2, 0.25) is 0 Å². The zero-order chi connectivity index (χ0) is 12.3. The SMILES string of the molecule is CCC(C)c1ccc(OC2(C)C=CCC2)cc1. The lowest BCUT2D eigenvalue weighted by atomic mass is 9.99. The lowest BCUT2D eigenvalue weighted by Gasteiger charge is -2.24. The second kappa shape index (κ2) is 4.95. The molecule has 0 bridgehead atoms. The van der Waals surface area contributed by atoms with Crippen LogP contribution in [0.4, 0.5) is 0 Å². The molecular weight excluding hydrogens is 208 g/mol. The molecule has 0 fully saturated rings. The van der Waals surface area contributed by atoms with E-state index in [4.69, 9.17) is 4.74 Å². The van der Waals surface area contributed by atoms with Crippen molar-refractivity contribution < 1.29 is 4.74 Å². The van der Waals surface area contributed by atoms with Crippen LogP contribution < -0.4 is 4.74 Å². The van der Waals surface area contributed by atoms with E-state index < -0.39 is 0 Å². The van der Waals surface area contributed by atoms with E-state index in [0.29, 0.717) is 5.92 Å². The quantitative estimate of drug-likeness (QED) is 0.682. The van der Waals surface area contributed by atoms with Gasteiger partial charge in [0.15, 0.2) is 0 Å². The fraction of sp³-hybridized carbons (Fsp3) is 0.500. The topological polar surface area (TPSA) is 9.23 Å². The van der Waals surface area contributed by atoms with Crippen molar-refractivity contribution in [3.8, 4) is 5.75 Å². The van der Waals surface area contributed by atoms with E-state index in [2.05, 4.69) is 57.2 Å². The number of hydrogen-bond acceptors (Lipinski definition) is 1. The normalized spacial score (nSPS) is 24.9. The van der Waals surface area contributed by atoms with Crippen LogP contribution in [0.15, 0.2) is 36.4 Å². The minimum atomic E-state index is -0.0993. The summed E-state index contributed by atoms with van der Waals surface area (Å²) in [6.07, 6.45) is 7.77. The summed E-state index contributed by atoms with van der Waals surface area (Å²) < 4.78 is 6.04. The number of ether oxygens (including phenoxy) is 1. The number of rotatable bonds is 4. The van der Waals surface area contributed by atoms with Gasteiger partial charge in [0.1, 0.15) is 11.4 Å². The lowest BCUT2D eigenvalue weighted by Crippen LogP contribution is -2.26. The first kappa shape index (κ1) is 12.2. The van der Waals surface area contributed by atoms with Crippen molar-refractivity contribution in [3.05, 3.63) is 42.0 Å². The molecule has 17 heavy (non-hydrogen) atoms. The van der Waals surface area contributed by atoms with Crippen molar-refractivity contribution in [1.29, 1.82) is 0 Å². The van der Waals surface area contributed by atoms with Gasteiger partial charge in [0.2, 0.25) is 0 Å². The van der Waals surface area contributed by atoms with E-state index >= 15 is 0 Å². The molecule has 0 N–H and O–H groups in total. The van der Waals surface area contributed by atoms with E-state index in [9.17, 15) is 0 Å². The third kappa shape index (κ3) is 2.91. The summed E-state index contributed by atoms with van der Waals surface area (Å²) in [4.78, 5) is 0. The molecule has 1 aliphatic carbocycles. The molecule has 1 nitrogen and oxygen atoms in total. The second-order valence-electron chi connectivity index (χ2n) is 5.23. The van der Waals surface area contributed by atoms with Crippen LogP contribution in [-0.4, -0.2) is 5.60 Å². The maximum absolute atomic E-state index is 6.04. The average molecular weight is 230 g/mol. The highest BCUT2D eigenvalue weighted by Crippen LogP contribution is 2.29. The summed E-state index contributed by atoms with van der Waals surface area (Å²) >= 11 is 0. The zero-order valence-corrected chi connectivity index (χ0v) is 11.1. The highest BCUT2D eigenvalue weighted by molar-refractivity contribution is 5.30. The van der Waals surface area contributed by atoms with Crippen molar-refractivity contribution >= 4 is 0 Å². The number of hydrogen-bond donors (Lipinski definition) is 0. The monoisotopic (exact) mass is 230 g/mol. The van der Waals surface area contributed by atoms with Gasteiger partial charge in [-0.3, -0.25) is 0 Å². The molecule has 2 atom stereocenters. The summed E-state index contributed by atoms with van der Waals surface area (Å²) in [6.45, 7) is 6.63. The van der Waals surface area contributed by atoms with Crippen LogP contribution in [0.3, 0.4) is 0 Å². The van der Waals surface area contributed by atoms with E-state index in [-0.39, 0.29) is 5.60 Å². The van der Waals surface area contributed by atoms with Gasteiger partial charge in [-0.15, -0.1) is 0 Å². The molecule has 0 radical (unpaired) electrons. The predicted molar refractivity (Wildman–Crippen MR) is 72.6 cm³/mol. The zero-order valence-electron chi connectivity index (χ0n) is 11.1. The largest absolute Gasteiger partial charge is 0.484 e. The van der Waals surface area contributed by atoms with E-state index in [0.717, 1.165) is 18.6 Å². The smallest absolute Gasteiger partial charge is 0.125 e.